The van der Waals surface area contributed by atoms with Crippen molar-refractivity contribution in [2.45, 2.75) is 50.3 Å². The molecule has 2 aliphatic rings. The average molecular weight is 445 g/mol. The fourth-order valence-electron chi connectivity index (χ4n) is 4.35. The van der Waals surface area contributed by atoms with E-state index >= 15 is 0 Å². The molecule has 1 aliphatic carbocycles. The number of ether oxygens (including phenoxy) is 2. The lowest BCUT2D eigenvalue weighted by atomic mass is 9.87. The van der Waals surface area contributed by atoms with Gasteiger partial charge in [-0.2, -0.15) is 13.2 Å². The highest BCUT2D eigenvalue weighted by atomic mass is 19.4. The number of nitrogens with one attached hydrogen (secondary N) is 1. The zero-order valence-electron chi connectivity index (χ0n) is 17.9. The highest BCUT2D eigenvalue weighted by molar-refractivity contribution is 5.98. The summed E-state index contributed by atoms with van der Waals surface area (Å²) >= 11 is 0. The lowest BCUT2D eigenvalue weighted by molar-refractivity contribution is -0.137. The molecule has 0 aromatic heterocycles. The summed E-state index contributed by atoms with van der Waals surface area (Å²) in [4.78, 5) is 12.4. The molecule has 32 heavy (non-hydrogen) atoms. The normalized spacial score (nSPS) is 20.9. The first-order chi connectivity index (χ1) is 15.3. The molecule has 2 fully saturated rings. The maximum Gasteiger partial charge on any atom is 0.416 e. The van der Waals surface area contributed by atoms with Gasteiger partial charge < -0.3 is 14.8 Å². The molecule has 1 N–H and O–H groups in total. The predicted molar refractivity (Wildman–Crippen MR) is 116 cm³/mol. The minimum absolute atomic E-state index is 0.0124. The van der Waals surface area contributed by atoms with Crippen molar-refractivity contribution in [2.75, 3.05) is 13.7 Å². The van der Waals surface area contributed by atoms with E-state index in [0.29, 0.717) is 35.6 Å². The number of hydrogen-bond acceptors (Lipinski definition) is 3. The number of carbonyl (C=O) groups excluding carboxylic acids is 1. The molecule has 0 spiro atoms. The van der Waals surface area contributed by atoms with Crippen LogP contribution in [0.4, 0.5) is 13.2 Å². The minimum atomic E-state index is -4.43. The van der Waals surface area contributed by atoms with E-state index in [1.165, 1.54) is 12.1 Å². The van der Waals surface area contributed by atoms with E-state index in [4.69, 9.17) is 9.47 Å². The third-order valence-electron chi connectivity index (χ3n) is 6.08. The zero-order chi connectivity index (χ0) is 22.7. The topological polar surface area (TPSA) is 47.6 Å². The van der Waals surface area contributed by atoms with E-state index in [2.05, 4.69) is 5.32 Å². The summed E-state index contributed by atoms with van der Waals surface area (Å²) < 4.78 is 50.7. The smallest absolute Gasteiger partial charge is 0.416 e. The molecule has 1 amide bonds. The lowest BCUT2D eigenvalue weighted by Crippen LogP contribution is -2.35. The van der Waals surface area contributed by atoms with Gasteiger partial charge in [0.1, 0.15) is 0 Å². The van der Waals surface area contributed by atoms with Crippen LogP contribution in [0.5, 0.6) is 11.5 Å². The molecule has 1 aliphatic heterocycles. The van der Waals surface area contributed by atoms with Gasteiger partial charge in [0.15, 0.2) is 11.5 Å². The van der Waals surface area contributed by atoms with Crippen LogP contribution in [0.3, 0.4) is 0 Å². The van der Waals surface area contributed by atoms with Crippen LogP contribution in [0.15, 0.2) is 48.0 Å². The molecule has 1 unspecified atom stereocenters. The van der Waals surface area contributed by atoms with Crippen molar-refractivity contribution < 1.29 is 27.4 Å². The van der Waals surface area contributed by atoms with Gasteiger partial charge in [0.2, 0.25) is 5.91 Å². The molecule has 0 radical (unpaired) electrons. The molecule has 1 heterocycles. The number of hydrogen-bond donors (Lipinski definition) is 1. The monoisotopic (exact) mass is 445 g/mol. The van der Waals surface area contributed by atoms with Crippen LogP contribution in [0.25, 0.3) is 6.08 Å². The van der Waals surface area contributed by atoms with Crippen molar-refractivity contribution >= 4 is 12.0 Å². The maximum absolute atomic E-state index is 13.0. The predicted octanol–water partition coefficient (Wildman–Crippen LogP) is 5.72. The summed E-state index contributed by atoms with van der Waals surface area (Å²) in [5, 5.41) is 2.87. The Morgan fingerprint density at radius 1 is 1.06 bits per heavy atom. The molecule has 170 valence electrons. The molecule has 1 atom stereocenters. The summed E-state index contributed by atoms with van der Waals surface area (Å²) in [6, 6.07) is 10.8. The number of methoxy groups -OCH3 is 1. The van der Waals surface area contributed by atoms with Crippen LogP contribution in [-0.2, 0) is 11.0 Å². The van der Waals surface area contributed by atoms with Gasteiger partial charge in [0.05, 0.1) is 18.8 Å². The number of halogens is 3. The van der Waals surface area contributed by atoms with Crippen LogP contribution >= 0.6 is 0 Å². The maximum atomic E-state index is 13.0. The Morgan fingerprint density at radius 2 is 1.84 bits per heavy atom. The van der Waals surface area contributed by atoms with Crippen molar-refractivity contribution in [3.63, 3.8) is 0 Å². The highest BCUT2D eigenvalue weighted by Gasteiger charge is 2.31. The van der Waals surface area contributed by atoms with Crippen molar-refractivity contribution in [2.24, 2.45) is 0 Å². The van der Waals surface area contributed by atoms with Crippen molar-refractivity contribution in [1.82, 2.24) is 5.32 Å². The van der Waals surface area contributed by atoms with Crippen molar-refractivity contribution in [3.8, 4) is 11.5 Å². The van der Waals surface area contributed by atoms with E-state index < -0.39 is 11.7 Å². The molecule has 2 aromatic carbocycles. The van der Waals surface area contributed by atoms with E-state index in [0.717, 1.165) is 43.4 Å². The first kappa shape index (κ1) is 22.2. The van der Waals surface area contributed by atoms with E-state index in [-0.39, 0.29) is 17.9 Å². The second kappa shape index (κ2) is 9.27. The molecular weight excluding hydrogens is 419 g/mol. The van der Waals surface area contributed by atoms with Gasteiger partial charge in [0, 0.05) is 18.0 Å². The number of piperidine rings is 1. The number of amides is 1. The van der Waals surface area contributed by atoms with Gasteiger partial charge in [-0.25, -0.2) is 0 Å². The molecule has 4 rings (SSSR count). The number of carbonyl (C=O) groups is 1. The van der Waals surface area contributed by atoms with E-state index in [9.17, 15) is 18.0 Å². The summed E-state index contributed by atoms with van der Waals surface area (Å²) in [5.41, 5.74) is 1.07. The Morgan fingerprint density at radius 3 is 2.56 bits per heavy atom. The fraction of sp³-hybridized carbons (Fsp3) is 0.400. The second-order valence-electron chi connectivity index (χ2n) is 8.34. The Kier molecular flexibility index (Phi) is 6.44. The van der Waals surface area contributed by atoms with Crippen LogP contribution in [-0.4, -0.2) is 25.7 Å². The van der Waals surface area contributed by atoms with Crippen LogP contribution in [0, 0.1) is 0 Å². The molecule has 2 aromatic rings. The van der Waals surface area contributed by atoms with Gasteiger partial charge >= 0.3 is 6.18 Å². The fourth-order valence-corrected chi connectivity index (χ4v) is 4.35. The third kappa shape index (κ3) is 5.09. The summed E-state index contributed by atoms with van der Waals surface area (Å²) in [6.45, 7) is 0.452. The lowest BCUT2D eigenvalue weighted by Gasteiger charge is -2.26. The van der Waals surface area contributed by atoms with Crippen molar-refractivity contribution in [3.05, 3.63) is 64.7 Å². The quantitative estimate of drug-likeness (QED) is 0.599. The SMILES string of the molecule is COc1ccc(C2CNC(=O)C(=Cc3cccc(C(F)(F)F)c3)C2)cc1OC1CCCC1. The van der Waals surface area contributed by atoms with Crippen LogP contribution in [0.2, 0.25) is 0 Å². The van der Waals surface area contributed by atoms with E-state index in [1.54, 1.807) is 13.2 Å². The van der Waals surface area contributed by atoms with Crippen LogP contribution in [0.1, 0.15) is 54.7 Å². The van der Waals surface area contributed by atoms with Crippen LogP contribution < -0.4 is 14.8 Å². The molecule has 1 saturated carbocycles. The minimum Gasteiger partial charge on any atom is -0.493 e. The van der Waals surface area contributed by atoms with Crippen molar-refractivity contribution in [1.29, 1.82) is 0 Å². The molecule has 7 heteroatoms. The molecule has 0 bridgehead atoms. The summed E-state index contributed by atoms with van der Waals surface area (Å²) in [7, 11) is 1.60. The Balaban J connectivity index is 1.57. The number of benzene rings is 2. The van der Waals surface area contributed by atoms with Gasteiger partial charge in [0.25, 0.3) is 0 Å². The standard InChI is InChI=1S/C25H26F3NO3/c1-31-22-10-9-17(14-23(22)32-21-7-2-3-8-21)19-13-18(24(30)29-15-19)11-16-5-4-6-20(12-16)25(26,27)28/h4-6,9-12,14,19,21H,2-3,7-8,13,15H2,1H3,(H,29,30). The largest absolute Gasteiger partial charge is 0.493 e. The number of alkyl halides is 3. The Bertz CT molecular complexity index is 1010. The van der Waals surface area contributed by atoms with Gasteiger partial charge in [-0.15, -0.1) is 0 Å². The second-order valence-corrected chi connectivity index (χ2v) is 8.34. The van der Waals surface area contributed by atoms with E-state index in [1.807, 2.05) is 18.2 Å². The van der Waals surface area contributed by atoms with Gasteiger partial charge in [-0.1, -0.05) is 18.2 Å². The Hall–Kier alpha value is -2.96. The van der Waals surface area contributed by atoms with Gasteiger partial charge in [-0.3, -0.25) is 4.79 Å². The third-order valence-corrected chi connectivity index (χ3v) is 6.08. The molecular formula is C25H26F3NO3. The molecule has 1 saturated heterocycles. The number of rotatable bonds is 5. The average Bonchev–Trinajstić information content (AvgIpc) is 3.28. The summed E-state index contributed by atoms with van der Waals surface area (Å²) in [5.74, 6) is 1.09. The highest BCUT2D eigenvalue weighted by Crippen LogP contribution is 2.37. The zero-order valence-corrected chi connectivity index (χ0v) is 17.9. The first-order valence-corrected chi connectivity index (χ1v) is 10.8. The Labute approximate surface area is 185 Å². The molecule has 4 nitrogen and oxygen atoms in total. The summed E-state index contributed by atoms with van der Waals surface area (Å²) in [6.07, 6.45) is 2.09. The first-order valence-electron chi connectivity index (χ1n) is 10.8. The van der Waals surface area contributed by atoms with Gasteiger partial charge in [-0.05, 0) is 73.6 Å².